The monoisotopic (exact) mass is 548 g/mol. The molecule has 0 bridgehead atoms. The van der Waals surface area contributed by atoms with Crippen molar-refractivity contribution in [1.82, 2.24) is 4.90 Å². The van der Waals surface area contributed by atoms with Crippen LogP contribution in [0.2, 0.25) is 0 Å². The van der Waals surface area contributed by atoms with Crippen LogP contribution in [0.1, 0.15) is 17.5 Å². The first kappa shape index (κ1) is 27.2. The number of rotatable bonds is 4. The van der Waals surface area contributed by atoms with Gasteiger partial charge in [0.05, 0.1) is 17.3 Å². The number of likely N-dealkylation sites (N-methyl/N-ethyl adjacent to an activating group) is 1. The quantitative estimate of drug-likeness (QED) is 0.184. The van der Waals surface area contributed by atoms with Crippen LogP contribution in [0, 0.1) is 11.8 Å². The number of carbonyl (C=O) groups excluding carboxylic acids is 3. The largest absolute Gasteiger partial charge is 0.508 e. The maximum Gasteiger partial charge on any atom is 0.255 e. The van der Waals surface area contributed by atoms with Crippen LogP contribution in [-0.4, -0.2) is 82.6 Å². The predicted octanol–water partition coefficient (Wildman–Crippen LogP) is 1.28. The van der Waals surface area contributed by atoms with Crippen LogP contribution in [-0.2, 0) is 20.8 Å². The molecule has 40 heavy (non-hydrogen) atoms. The maximum absolute atomic E-state index is 14.0. The van der Waals surface area contributed by atoms with Gasteiger partial charge in [-0.15, -0.1) is 0 Å². The molecule has 0 radical (unpaired) electrons. The van der Waals surface area contributed by atoms with Crippen LogP contribution in [0.3, 0.4) is 0 Å². The van der Waals surface area contributed by atoms with E-state index >= 15 is 0 Å². The van der Waals surface area contributed by atoms with Gasteiger partial charge >= 0.3 is 0 Å². The number of primary amides is 1. The Morgan fingerprint density at radius 2 is 1.68 bits per heavy atom. The Morgan fingerprint density at radius 1 is 1.05 bits per heavy atom. The molecule has 1 amide bonds. The molecule has 3 aliphatic carbocycles. The molecule has 210 valence electrons. The van der Waals surface area contributed by atoms with Crippen molar-refractivity contribution in [2.75, 3.05) is 38.8 Å². The Balaban J connectivity index is 1.73. The Labute approximate surface area is 230 Å². The number of nitrogens with zero attached hydrogens (tertiary/aromatic N) is 2. The molecule has 2 aromatic carbocycles. The van der Waals surface area contributed by atoms with Crippen molar-refractivity contribution in [3.63, 3.8) is 0 Å². The number of Topliss-reactive ketones (excluding diaryl/α,β-unsaturated/α-hetero) is 2. The SMILES string of the molecule is CN(C)c1ccc(-c2cc(N)c(O)c3c2C[C@H]2C[C@H]4[C@H](N(C)C)C(=O)C(C(N)=O)=C(O)[C@@]4(O)C(=O)C2=C3O)cc1. The number of amides is 1. The van der Waals surface area contributed by atoms with Gasteiger partial charge in [-0.3, -0.25) is 19.3 Å². The third kappa shape index (κ3) is 3.61. The standard InChI is InChI=1S/C29H32N4O7/c1-32(2)14-7-5-12(6-8-14)15-11-18(30)23(34)20-16(15)9-13-10-17-22(33(3)4)25(36)21(28(31)39)27(38)29(17,40)26(37)19(13)24(20)35/h5-8,11,13,17,22,34-35,38,40H,9-10,30H2,1-4H3,(H2,31,39)/t13-,17-,22-,29-/m0/s1. The van der Waals surface area contributed by atoms with Gasteiger partial charge in [0.15, 0.2) is 11.4 Å². The summed E-state index contributed by atoms with van der Waals surface area (Å²) >= 11 is 0. The molecule has 4 atom stereocenters. The second-order valence-corrected chi connectivity index (χ2v) is 11.1. The number of nitrogen functional groups attached to an aromatic ring is 1. The van der Waals surface area contributed by atoms with Gasteiger partial charge in [0, 0.05) is 31.3 Å². The second kappa shape index (κ2) is 9.10. The summed E-state index contributed by atoms with van der Waals surface area (Å²) in [4.78, 5) is 42.8. The molecule has 1 fully saturated rings. The minimum atomic E-state index is -2.69. The highest BCUT2D eigenvalue weighted by Crippen LogP contribution is 2.54. The van der Waals surface area contributed by atoms with Gasteiger partial charge in [0.1, 0.15) is 22.8 Å². The zero-order valence-electron chi connectivity index (χ0n) is 22.6. The third-order valence-corrected chi connectivity index (χ3v) is 8.44. The third-order valence-electron chi connectivity index (χ3n) is 8.44. The Hall–Kier alpha value is -4.35. The number of aliphatic hydroxyl groups excluding tert-OH is 2. The molecule has 5 rings (SSSR count). The summed E-state index contributed by atoms with van der Waals surface area (Å²) in [5.74, 6) is -7.07. The summed E-state index contributed by atoms with van der Waals surface area (Å²) in [5.41, 5.74) is 10.6. The van der Waals surface area contributed by atoms with Crippen molar-refractivity contribution in [2.45, 2.75) is 24.5 Å². The maximum atomic E-state index is 14.0. The topological polar surface area (TPSA) is 191 Å². The molecule has 0 spiro atoms. The zero-order valence-corrected chi connectivity index (χ0v) is 22.6. The molecule has 3 aliphatic rings. The molecule has 2 aromatic rings. The number of fused-ring (bicyclic) bond motifs is 3. The van der Waals surface area contributed by atoms with Crippen molar-refractivity contribution in [1.29, 1.82) is 0 Å². The van der Waals surface area contributed by atoms with Crippen LogP contribution >= 0.6 is 0 Å². The molecule has 8 N–H and O–H groups in total. The molecule has 11 heteroatoms. The van der Waals surface area contributed by atoms with Gasteiger partial charge in [-0.25, -0.2) is 0 Å². The fraction of sp³-hybridized carbons (Fsp3) is 0.345. The van der Waals surface area contributed by atoms with E-state index in [9.17, 15) is 34.8 Å². The van der Waals surface area contributed by atoms with Gasteiger partial charge < -0.3 is 36.8 Å². The lowest BCUT2D eigenvalue weighted by Crippen LogP contribution is -2.65. The number of carbonyl (C=O) groups is 3. The van der Waals surface area contributed by atoms with Crippen molar-refractivity contribution in [3.8, 4) is 16.9 Å². The van der Waals surface area contributed by atoms with Gasteiger partial charge in [0.25, 0.3) is 5.91 Å². The fourth-order valence-corrected chi connectivity index (χ4v) is 6.53. The van der Waals surface area contributed by atoms with Crippen molar-refractivity contribution in [3.05, 3.63) is 58.4 Å². The second-order valence-electron chi connectivity index (χ2n) is 11.1. The normalized spacial score (nSPS) is 26.0. The van der Waals surface area contributed by atoms with Crippen molar-refractivity contribution in [2.24, 2.45) is 17.6 Å². The number of phenolic OH excluding ortho intramolecular Hbond substituents is 1. The molecule has 0 unspecified atom stereocenters. The minimum absolute atomic E-state index is 0.00983. The lowest BCUT2D eigenvalue weighted by molar-refractivity contribution is -0.153. The van der Waals surface area contributed by atoms with Gasteiger partial charge in [-0.2, -0.15) is 0 Å². The lowest BCUT2D eigenvalue weighted by atomic mass is 9.57. The first-order valence-corrected chi connectivity index (χ1v) is 12.8. The number of aromatic hydroxyl groups is 1. The number of benzene rings is 2. The van der Waals surface area contributed by atoms with E-state index in [1.807, 2.05) is 43.3 Å². The summed E-state index contributed by atoms with van der Waals surface area (Å²) < 4.78 is 0. The van der Waals surface area contributed by atoms with Crippen molar-refractivity contribution < 1.29 is 34.8 Å². The van der Waals surface area contributed by atoms with E-state index in [0.717, 1.165) is 11.3 Å². The molecule has 1 saturated carbocycles. The number of anilines is 2. The van der Waals surface area contributed by atoms with Crippen LogP contribution in [0.4, 0.5) is 11.4 Å². The highest BCUT2D eigenvalue weighted by atomic mass is 16.3. The molecular weight excluding hydrogens is 516 g/mol. The average Bonchev–Trinajstić information content (AvgIpc) is 2.88. The number of nitrogens with two attached hydrogens (primary N) is 2. The Bertz CT molecular complexity index is 1540. The first-order chi connectivity index (χ1) is 18.7. The van der Waals surface area contributed by atoms with E-state index in [4.69, 9.17) is 11.5 Å². The summed E-state index contributed by atoms with van der Waals surface area (Å²) in [5, 5.41) is 45.1. The summed E-state index contributed by atoms with van der Waals surface area (Å²) in [7, 11) is 6.95. The Morgan fingerprint density at radius 3 is 2.23 bits per heavy atom. The first-order valence-electron chi connectivity index (χ1n) is 12.8. The van der Waals surface area contributed by atoms with E-state index in [1.54, 1.807) is 20.2 Å². The highest BCUT2D eigenvalue weighted by Gasteiger charge is 2.64. The predicted molar refractivity (Wildman–Crippen MR) is 148 cm³/mol. The number of hydrogen-bond donors (Lipinski definition) is 6. The van der Waals surface area contributed by atoms with E-state index < -0.39 is 63.8 Å². The fourth-order valence-electron chi connectivity index (χ4n) is 6.53. The molecular formula is C29H32N4O7. The number of phenols is 1. The molecule has 0 aromatic heterocycles. The van der Waals surface area contributed by atoms with E-state index in [-0.39, 0.29) is 29.7 Å². The molecule has 0 aliphatic heterocycles. The van der Waals surface area contributed by atoms with Gasteiger partial charge in [0.2, 0.25) is 5.78 Å². The van der Waals surface area contributed by atoms with Crippen LogP contribution in [0.25, 0.3) is 16.9 Å². The zero-order chi connectivity index (χ0) is 29.4. The molecule has 0 saturated heterocycles. The number of hydrogen-bond acceptors (Lipinski definition) is 10. The van der Waals surface area contributed by atoms with Crippen LogP contribution in [0.15, 0.2) is 47.2 Å². The summed E-state index contributed by atoms with van der Waals surface area (Å²) in [6, 6.07) is 8.07. The van der Waals surface area contributed by atoms with E-state index in [2.05, 4.69) is 0 Å². The number of ketones is 2. The van der Waals surface area contributed by atoms with E-state index in [1.165, 1.54) is 4.90 Å². The van der Waals surface area contributed by atoms with Gasteiger partial charge in [-0.1, -0.05) is 12.1 Å². The average molecular weight is 549 g/mol. The van der Waals surface area contributed by atoms with Crippen LogP contribution in [0.5, 0.6) is 5.75 Å². The summed E-state index contributed by atoms with van der Waals surface area (Å²) in [6.45, 7) is 0. The Kier molecular flexibility index (Phi) is 6.20. The highest BCUT2D eigenvalue weighted by molar-refractivity contribution is 6.24. The number of aliphatic hydroxyl groups is 3. The van der Waals surface area contributed by atoms with Crippen LogP contribution < -0.4 is 16.4 Å². The van der Waals surface area contributed by atoms with Gasteiger partial charge in [-0.05, 0) is 67.7 Å². The molecule has 11 nitrogen and oxygen atoms in total. The summed E-state index contributed by atoms with van der Waals surface area (Å²) in [6.07, 6.45) is 0.184. The molecule has 0 heterocycles. The lowest BCUT2D eigenvalue weighted by Gasteiger charge is -2.50. The smallest absolute Gasteiger partial charge is 0.255 e. The minimum Gasteiger partial charge on any atom is -0.508 e. The van der Waals surface area contributed by atoms with E-state index in [0.29, 0.717) is 11.1 Å². The van der Waals surface area contributed by atoms with Crippen molar-refractivity contribution >= 4 is 34.6 Å².